The molecular weight excluding hydrogens is 337 g/mol. The largest absolute Gasteiger partial charge is 0.290 e. The molecule has 1 aromatic heterocycles. The highest BCUT2D eigenvalue weighted by Crippen LogP contribution is 2.27. The summed E-state index contributed by atoms with van der Waals surface area (Å²) in [5.41, 5.74) is 1.57. The Kier molecular flexibility index (Phi) is 4.57. The lowest BCUT2D eigenvalue weighted by Crippen LogP contribution is -2.17. The van der Waals surface area contributed by atoms with Gasteiger partial charge in [0.2, 0.25) is 5.78 Å². The predicted octanol–water partition coefficient (Wildman–Crippen LogP) is 5.33. The number of benzene rings is 1. The van der Waals surface area contributed by atoms with Crippen LogP contribution in [-0.2, 0) is 0 Å². The Morgan fingerprint density at radius 3 is 2.59 bits per heavy atom. The molecule has 2 aromatic rings. The minimum Gasteiger partial charge on any atom is -0.290 e. The van der Waals surface area contributed by atoms with E-state index in [1.807, 2.05) is 35.7 Å². The zero-order valence-electron chi connectivity index (χ0n) is 11.4. The van der Waals surface area contributed by atoms with E-state index in [0.717, 1.165) is 11.1 Å². The fraction of sp³-hybridized carbons (Fsp3) is 0.0588. The molecule has 0 spiro atoms. The summed E-state index contributed by atoms with van der Waals surface area (Å²) in [6.07, 6.45) is 7.15. The molecule has 0 saturated heterocycles. The fourth-order valence-corrected chi connectivity index (χ4v) is 3.37. The Bertz CT molecular complexity index is 771. The first-order valence-corrected chi connectivity index (χ1v) is 8.23. The third-order valence-electron chi connectivity index (χ3n) is 3.27. The molecule has 2 nitrogen and oxygen atoms in total. The van der Waals surface area contributed by atoms with Crippen molar-refractivity contribution >= 4 is 52.6 Å². The van der Waals surface area contributed by atoms with Gasteiger partial charge in [-0.25, -0.2) is 0 Å². The van der Waals surface area contributed by atoms with Crippen LogP contribution < -0.4 is 0 Å². The van der Waals surface area contributed by atoms with Gasteiger partial charge in [-0.3, -0.25) is 9.79 Å². The van der Waals surface area contributed by atoms with E-state index in [0.29, 0.717) is 14.9 Å². The van der Waals surface area contributed by atoms with Crippen LogP contribution in [0.3, 0.4) is 0 Å². The summed E-state index contributed by atoms with van der Waals surface area (Å²) < 4.78 is 0. The van der Waals surface area contributed by atoms with Crippen LogP contribution in [0.2, 0.25) is 10.0 Å². The number of hydrogen-bond acceptors (Lipinski definition) is 3. The smallest absolute Gasteiger partial charge is 0.201 e. The maximum absolute atomic E-state index is 12.4. The summed E-state index contributed by atoms with van der Waals surface area (Å²) in [6, 6.07) is 8.54. The molecule has 0 saturated carbocycles. The van der Waals surface area contributed by atoms with E-state index in [9.17, 15) is 4.79 Å². The maximum atomic E-state index is 12.4. The molecule has 0 aliphatic carbocycles. The van der Waals surface area contributed by atoms with Crippen molar-refractivity contribution in [2.45, 2.75) is 6.04 Å². The molecule has 5 heteroatoms. The Labute approximate surface area is 142 Å². The summed E-state index contributed by atoms with van der Waals surface area (Å²) in [5, 5.41) is 3.03. The fourth-order valence-electron chi connectivity index (χ4n) is 2.16. The van der Waals surface area contributed by atoms with Crippen LogP contribution >= 0.6 is 34.5 Å². The van der Waals surface area contributed by atoms with Gasteiger partial charge in [0.25, 0.3) is 0 Å². The monoisotopic (exact) mass is 347 g/mol. The Hall–Kier alpha value is -1.68. The van der Waals surface area contributed by atoms with Gasteiger partial charge in [0.05, 0.1) is 4.88 Å². The first-order chi connectivity index (χ1) is 10.7. The number of hydrogen-bond donors (Lipinski definition) is 0. The topological polar surface area (TPSA) is 29.4 Å². The summed E-state index contributed by atoms with van der Waals surface area (Å²) >= 11 is 13.7. The average Bonchev–Trinajstić information content (AvgIpc) is 3.18. The normalized spacial score (nSPS) is 17.2. The van der Waals surface area contributed by atoms with E-state index < -0.39 is 6.04 Å². The van der Waals surface area contributed by atoms with Gasteiger partial charge in [0.15, 0.2) is 0 Å². The second-order valence-corrected chi connectivity index (χ2v) is 6.44. The minimum absolute atomic E-state index is 0.00454. The zero-order valence-corrected chi connectivity index (χ0v) is 13.7. The van der Waals surface area contributed by atoms with Gasteiger partial charge >= 0.3 is 0 Å². The van der Waals surface area contributed by atoms with Crippen LogP contribution in [0.1, 0.15) is 15.2 Å². The van der Waals surface area contributed by atoms with Gasteiger partial charge in [-0.05, 0) is 35.2 Å². The van der Waals surface area contributed by atoms with E-state index in [4.69, 9.17) is 23.2 Å². The molecule has 0 radical (unpaired) electrons. The lowest BCUT2D eigenvalue weighted by Gasteiger charge is -2.08. The number of rotatable bonds is 4. The number of carbonyl (C=O) groups excluding carboxylic acids is 1. The number of carbonyl (C=O) groups is 1. The Balaban J connectivity index is 1.83. The molecule has 1 unspecified atom stereocenters. The molecule has 3 rings (SSSR count). The zero-order chi connectivity index (χ0) is 15.5. The number of halogens is 2. The van der Waals surface area contributed by atoms with Gasteiger partial charge in [0, 0.05) is 21.8 Å². The van der Waals surface area contributed by atoms with Gasteiger partial charge < -0.3 is 0 Å². The third kappa shape index (κ3) is 3.07. The molecule has 0 amide bonds. The number of nitrogens with zero attached hydrogens (tertiary/aromatic N) is 1. The van der Waals surface area contributed by atoms with Crippen LogP contribution in [0.25, 0.3) is 6.08 Å². The van der Waals surface area contributed by atoms with E-state index in [1.165, 1.54) is 11.3 Å². The van der Waals surface area contributed by atoms with Crippen LogP contribution in [0, 0.1) is 0 Å². The lowest BCUT2D eigenvalue weighted by atomic mass is 10.0. The second-order valence-electron chi connectivity index (χ2n) is 4.68. The number of thiophene rings is 1. The van der Waals surface area contributed by atoms with Crippen molar-refractivity contribution in [3.05, 3.63) is 73.9 Å². The summed E-state index contributed by atoms with van der Waals surface area (Å²) in [6.45, 7) is 0. The first kappa shape index (κ1) is 15.2. The highest BCUT2D eigenvalue weighted by atomic mass is 35.5. The van der Waals surface area contributed by atoms with Crippen LogP contribution in [0.15, 0.2) is 58.4 Å². The minimum atomic E-state index is -0.490. The van der Waals surface area contributed by atoms with E-state index in [1.54, 1.807) is 24.4 Å². The highest BCUT2D eigenvalue weighted by Gasteiger charge is 2.24. The molecule has 1 aliphatic heterocycles. The van der Waals surface area contributed by atoms with Crippen LogP contribution in [0.4, 0.5) is 0 Å². The molecule has 2 heterocycles. The Morgan fingerprint density at radius 2 is 1.91 bits per heavy atom. The number of Topliss-reactive ketones (excluding diaryl/α,β-unsaturated/α-hetero) is 1. The van der Waals surface area contributed by atoms with Crippen molar-refractivity contribution < 1.29 is 4.79 Å². The van der Waals surface area contributed by atoms with Crippen molar-refractivity contribution in [1.29, 1.82) is 0 Å². The van der Waals surface area contributed by atoms with Gasteiger partial charge in [-0.2, -0.15) is 0 Å². The van der Waals surface area contributed by atoms with Crippen molar-refractivity contribution in [3.8, 4) is 0 Å². The predicted molar refractivity (Wildman–Crippen MR) is 94.5 cm³/mol. The first-order valence-electron chi connectivity index (χ1n) is 6.60. The van der Waals surface area contributed by atoms with E-state index >= 15 is 0 Å². The maximum Gasteiger partial charge on any atom is 0.201 e. The quantitative estimate of drug-likeness (QED) is 0.687. The molecule has 0 bridgehead atoms. The van der Waals surface area contributed by atoms with Crippen LogP contribution in [0.5, 0.6) is 0 Å². The summed E-state index contributed by atoms with van der Waals surface area (Å²) in [5.74, 6) is 0.00454. The number of ketones is 1. The molecule has 22 heavy (non-hydrogen) atoms. The van der Waals surface area contributed by atoms with Crippen molar-refractivity contribution in [2.75, 3.05) is 0 Å². The summed E-state index contributed by atoms with van der Waals surface area (Å²) in [7, 11) is 0. The molecule has 0 fully saturated rings. The standard InChI is InChI=1S/C17H11Cl2NOS/c18-13-3-1-4-14(19)12(13)7-6-11-8-9-20-16(11)17(21)15-5-2-10-22-15/h1-10,16H/b7-6+. The van der Waals surface area contributed by atoms with E-state index in [-0.39, 0.29) is 5.78 Å². The van der Waals surface area contributed by atoms with E-state index in [2.05, 4.69) is 4.99 Å². The molecule has 110 valence electrons. The second kappa shape index (κ2) is 6.61. The van der Waals surface area contributed by atoms with Gasteiger partial charge in [-0.1, -0.05) is 47.5 Å². The molecule has 1 atom stereocenters. The van der Waals surface area contributed by atoms with Gasteiger partial charge in [-0.15, -0.1) is 11.3 Å². The molecule has 1 aromatic carbocycles. The van der Waals surface area contributed by atoms with Crippen molar-refractivity contribution in [2.24, 2.45) is 4.99 Å². The van der Waals surface area contributed by atoms with Crippen LogP contribution in [-0.4, -0.2) is 18.0 Å². The molecule has 0 N–H and O–H groups in total. The SMILES string of the molecule is O=C(c1cccs1)C1N=CC=C1/C=C/c1c(Cl)cccc1Cl. The number of allylic oxidation sites excluding steroid dienone is 1. The average molecular weight is 348 g/mol. The third-order valence-corrected chi connectivity index (χ3v) is 4.82. The van der Waals surface area contributed by atoms with Crippen molar-refractivity contribution in [3.63, 3.8) is 0 Å². The highest BCUT2D eigenvalue weighted by molar-refractivity contribution is 7.12. The number of aliphatic imine (C=N–C) groups is 1. The van der Waals surface area contributed by atoms with Gasteiger partial charge in [0.1, 0.15) is 6.04 Å². The Morgan fingerprint density at radius 1 is 1.14 bits per heavy atom. The van der Waals surface area contributed by atoms with Crippen molar-refractivity contribution in [1.82, 2.24) is 0 Å². The lowest BCUT2D eigenvalue weighted by molar-refractivity contribution is 0.0981. The molecule has 1 aliphatic rings. The molecular formula is C17H11Cl2NOS. The summed E-state index contributed by atoms with van der Waals surface area (Å²) in [4.78, 5) is 17.4.